The van der Waals surface area contributed by atoms with E-state index in [-0.39, 0.29) is 17.3 Å². The van der Waals surface area contributed by atoms with Gasteiger partial charge >= 0.3 is 6.18 Å². The molecule has 114 valence electrons. The first-order chi connectivity index (χ1) is 9.65. The van der Waals surface area contributed by atoms with Gasteiger partial charge in [0, 0.05) is 4.47 Å². The van der Waals surface area contributed by atoms with Crippen LogP contribution < -0.4 is 5.73 Å². The average Bonchev–Trinajstić information content (AvgIpc) is 2.88. The molecule has 0 saturated heterocycles. The molecule has 2 N–H and O–H groups in total. The zero-order chi connectivity index (χ0) is 15.8. The molecule has 0 saturated carbocycles. The highest BCUT2D eigenvalue weighted by molar-refractivity contribution is 9.10. The summed E-state index contributed by atoms with van der Waals surface area (Å²) in [4.78, 5) is 4.01. The van der Waals surface area contributed by atoms with E-state index in [0.717, 1.165) is 6.07 Å². The molecule has 0 fully saturated rings. The van der Waals surface area contributed by atoms with Crippen LogP contribution >= 0.6 is 15.9 Å². The Balaban J connectivity index is 2.53. The molecule has 0 bridgehead atoms. The van der Waals surface area contributed by atoms with Gasteiger partial charge in [0.2, 0.25) is 0 Å². The molecular formula is C13H13BrF3N3O. The minimum Gasteiger partial charge on any atom is -0.334 e. The maximum atomic E-state index is 13.1. The van der Waals surface area contributed by atoms with Crippen molar-refractivity contribution in [1.82, 2.24) is 10.1 Å². The van der Waals surface area contributed by atoms with Gasteiger partial charge in [-0.1, -0.05) is 28.0 Å². The third-order valence-corrected chi connectivity index (χ3v) is 3.68. The van der Waals surface area contributed by atoms with Crippen molar-refractivity contribution in [3.8, 4) is 11.5 Å². The predicted molar refractivity (Wildman–Crippen MR) is 74.3 cm³/mol. The standard InChI is InChI=1S/C13H13BrF3N3O/c1-3-12(2,18)11-19-10(21-20-11)8-5-4-7(14)6-9(8)13(15,16)17/h4-6H,3,18H2,1-2H3. The number of benzene rings is 1. The number of hydrogen-bond acceptors (Lipinski definition) is 4. The molecule has 0 aliphatic heterocycles. The van der Waals surface area contributed by atoms with Crippen molar-refractivity contribution < 1.29 is 17.7 Å². The first-order valence-corrected chi connectivity index (χ1v) is 6.94. The third kappa shape index (κ3) is 3.26. The Morgan fingerprint density at radius 1 is 1.33 bits per heavy atom. The van der Waals surface area contributed by atoms with E-state index < -0.39 is 17.3 Å². The van der Waals surface area contributed by atoms with Gasteiger partial charge in [0.15, 0.2) is 5.82 Å². The molecule has 2 aromatic rings. The summed E-state index contributed by atoms with van der Waals surface area (Å²) in [6.07, 6.45) is -4.00. The smallest absolute Gasteiger partial charge is 0.334 e. The molecule has 0 amide bonds. The molecule has 1 unspecified atom stereocenters. The summed E-state index contributed by atoms with van der Waals surface area (Å²) in [5.41, 5.74) is 4.10. The molecule has 0 aliphatic rings. The van der Waals surface area contributed by atoms with Crippen LogP contribution in [0.1, 0.15) is 31.7 Å². The summed E-state index contributed by atoms with van der Waals surface area (Å²) in [5.74, 6) is -0.0222. The lowest BCUT2D eigenvalue weighted by molar-refractivity contribution is -0.137. The Labute approximate surface area is 127 Å². The topological polar surface area (TPSA) is 64.9 Å². The van der Waals surface area contributed by atoms with Gasteiger partial charge in [0.25, 0.3) is 5.89 Å². The lowest BCUT2D eigenvalue weighted by Crippen LogP contribution is -2.33. The summed E-state index contributed by atoms with van der Waals surface area (Å²) < 4.78 is 44.5. The molecule has 1 heterocycles. The second-order valence-corrected chi connectivity index (χ2v) is 5.80. The zero-order valence-corrected chi connectivity index (χ0v) is 12.9. The van der Waals surface area contributed by atoms with Crippen molar-refractivity contribution in [3.05, 3.63) is 34.1 Å². The van der Waals surface area contributed by atoms with Crippen molar-refractivity contribution in [2.45, 2.75) is 32.0 Å². The number of nitrogens with zero attached hydrogens (tertiary/aromatic N) is 2. The molecule has 1 aromatic carbocycles. The molecule has 0 aliphatic carbocycles. The maximum Gasteiger partial charge on any atom is 0.417 e. The predicted octanol–water partition coefficient (Wildman–Crippen LogP) is 4.10. The van der Waals surface area contributed by atoms with Crippen LogP contribution in [0.2, 0.25) is 0 Å². The number of rotatable bonds is 3. The van der Waals surface area contributed by atoms with Gasteiger partial charge in [-0.3, -0.25) is 0 Å². The number of halogens is 4. The van der Waals surface area contributed by atoms with Gasteiger partial charge in [-0.25, -0.2) is 0 Å². The van der Waals surface area contributed by atoms with Crippen LogP contribution in [0, 0.1) is 0 Å². The van der Waals surface area contributed by atoms with Gasteiger partial charge in [-0.2, -0.15) is 18.2 Å². The summed E-state index contributed by atoms with van der Waals surface area (Å²) in [7, 11) is 0. The maximum absolute atomic E-state index is 13.1. The number of hydrogen-bond donors (Lipinski definition) is 1. The van der Waals surface area contributed by atoms with Crippen LogP contribution in [0.25, 0.3) is 11.5 Å². The molecule has 21 heavy (non-hydrogen) atoms. The average molecular weight is 364 g/mol. The molecule has 0 spiro atoms. The minimum atomic E-state index is -4.52. The van der Waals surface area contributed by atoms with E-state index in [1.165, 1.54) is 12.1 Å². The molecule has 4 nitrogen and oxygen atoms in total. The minimum absolute atomic E-state index is 0.170. The van der Waals surface area contributed by atoms with Crippen LogP contribution in [-0.2, 0) is 11.7 Å². The van der Waals surface area contributed by atoms with E-state index in [1.807, 2.05) is 6.92 Å². The summed E-state index contributed by atoms with van der Waals surface area (Å²) in [6, 6.07) is 3.74. The fraction of sp³-hybridized carbons (Fsp3) is 0.385. The largest absolute Gasteiger partial charge is 0.417 e. The van der Waals surface area contributed by atoms with Gasteiger partial charge in [-0.05, 0) is 31.5 Å². The SMILES string of the molecule is CCC(C)(N)c1noc(-c2ccc(Br)cc2C(F)(F)F)n1. The third-order valence-electron chi connectivity index (χ3n) is 3.19. The van der Waals surface area contributed by atoms with E-state index >= 15 is 0 Å². The molecule has 8 heteroatoms. The fourth-order valence-electron chi connectivity index (χ4n) is 1.66. The van der Waals surface area contributed by atoms with Crippen LogP contribution in [0.5, 0.6) is 0 Å². The van der Waals surface area contributed by atoms with E-state index in [0.29, 0.717) is 10.9 Å². The van der Waals surface area contributed by atoms with Crippen molar-refractivity contribution >= 4 is 15.9 Å². The monoisotopic (exact) mass is 363 g/mol. The Hall–Kier alpha value is -1.41. The Kier molecular flexibility index (Phi) is 4.12. The first-order valence-electron chi connectivity index (χ1n) is 6.15. The highest BCUT2D eigenvalue weighted by atomic mass is 79.9. The molecule has 0 radical (unpaired) electrons. The first kappa shape index (κ1) is 16.0. The molecular weight excluding hydrogens is 351 g/mol. The Bertz CT molecular complexity index is 652. The number of alkyl halides is 3. The van der Waals surface area contributed by atoms with Crippen molar-refractivity contribution in [2.24, 2.45) is 5.73 Å². The lowest BCUT2D eigenvalue weighted by atomic mass is 10.00. The highest BCUT2D eigenvalue weighted by Gasteiger charge is 2.36. The second-order valence-electron chi connectivity index (χ2n) is 4.88. The highest BCUT2D eigenvalue weighted by Crippen LogP contribution is 2.38. The van der Waals surface area contributed by atoms with Crippen LogP contribution in [-0.4, -0.2) is 10.1 Å². The van der Waals surface area contributed by atoms with Crippen molar-refractivity contribution in [1.29, 1.82) is 0 Å². The number of aromatic nitrogens is 2. The summed E-state index contributed by atoms with van der Waals surface area (Å²) in [6.45, 7) is 3.52. The fourth-order valence-corrected chi connectivity index (χ4v) is 2.02. The van der Waals surface area contributed by atoms with Gasteiger partial charge in [0.05, 0.1) is 16.7 Å². The van der Waals surface area contributed by atoms with E-state index in [4.69, 9.17) is 10.3 Å². The van der Waals surface area contributed by atoms with E-state index in [1.54, 1.807) is 6.92 Å². The van der Waals surface area contributed by atoms with Crippen molar-refractivity contribution in [2.75, 3.05) is 0 Å². The Morgan fingerprint density at radius 3 is 2.57 bits per heavy atom. The normalized spacial score (nSPS) is 15.0. The lowest BCUT2D eigenvalue weighted by Gasteiger charge is -2.16. The van der Waals surface area contributed by atoms with Gasteiger partial charge < -0.3 is 10.3 Å². The van der Waals surface area contributed by atoms with Gasteiger partial charge in [0.1, 0.15) is 0 Å². The summed E-state index contributed by atoms with van der Waals surface area (Å²) in [5, 5.41) is 3.69. The molecule has 1 atom stereocenters. The van der Waals surface area contributed by atoms with Crippen LogP contribution in [0.3, 0.4) is 0 Å². The molecule has 1 aromatic heterocycles. The van der Waals surface area contributed by atoms with Gasteiger partial charge in [-0.15, -0.1) is 0 Å². The summed E-state index contributed by atoms with van der Waals surface area (Å²) >= 11 is 3.02. The van der Waals surface area contributed by atoms with E-state index in [9.17, 15) is 13.2 Å². The van der Waals surface area contributed by atoms with Crippen molar-refractivity contribution in [3.63, 3.8) is 0 Å². The van der Waals surface area contributed by atoms with Crippen LogP contribution in [0.4, 0.5) is 13.2 Å². The Morgan fingerprint density at radius 2 is 2.00 bits per heavy atom. The zero-order valence-electron chi connectivity index (χ0n) is 11.3. The second kappa shape index (κ2) is 5.42. The van der Waals surface area contributed by atoms with E-state index in [2.05, 4.69) is 26.1 Å². The quantitative estimate of drug-likeness (QED) is 0.891. The van der Waals surface area contributed by atoms with Crippen LogP contribution in [0.15, 0.2) is 27.2 Å². The molecule has 2 rings (SSSR count). The number of nitrogens with two attached hydrogens (primary N) is 1.